The summed E-state index contributed by atoms with van der Waals surface area (Å²) in [5.74, 6) is 1.55. The summed E-state index contributed by atoms with van der Waals surface area (Å²) in [4.78, 5) is 14.4. The van der Waals surface area contributed by atoms with Crippen LogP contribution in [-0.4, -0.2) is 58.6 Å². The zero-order valence-electron chi connectivity index (χ0n) is 16.8. The van der Waals surface area contributed by atoms with Gasteiger partial charge >= 0.3 is 0 Å². The summed E-state index contributed by atoms with van der Waals surface area (Å²) in [6.07, 6.45) is 9.11. The molecule has 5 heteroatoms. The fraction of sp³-hybridized carbons (Fsp3) is 0.565. The molecule has 1 aromatic carbocycles. The summed E-state index contributed by atoms with van der Waals surface area (Å²) in [6, 6.07) is 10.4. The largest absolute Gasteiger partial charge is 0.377 e. The minimum atomic E-state index is 0.480. The van der Waals surface area contributed by atoms with Crippen molar-refractivity contribution < 1.29 is 4.74 Å². The third kappa shape index (κ3) is 3.71. The minimum Gasteiger partial charge on any atom is -0.377 e. The molecule has 28 heavy (non-hydrogen) atoms. The molecule has 0 saturated carbocycles. The standard InChI is InChI=1S/C23H30N4O/c1-28-16-23-24-10-18(11-25-23)14-26-12-17-6-7-21(26)15-27(13-17)22-8-19-4-2-3-5-20(19)9-22/h2-5,10-11,17,21-22H,6-9,12-16H2,1H3/t17-,21-/m1/s1. The lowest BCUT2D eigenvalue weighted by molar-refractivity contribution is 0.120. The molecule has 0 spiro atoms. The Morgan fingerprint density at radius 3 is 2.43 bits per heavy atom. The predicted octanol–water partition coefficient (Wildman–Crippen LogP) is 2.69. The number of piperidine rings is 1. The minimum absolute atomic E-state index is 0.480. The van der Waals surface area contributed by atoms with Crippen LogP contribution in [0.4, 0.5) is 0 Å². The van der Waals surface area contributed by atoms with E-state index in [1.165, 1.54) is 50.9 Å². The van der Waals surface area contributed by atoms with E-state index in [1.54, 1.807) is 18.2 Å². The lowest BCUT2D eigenvalue weighted by Gasteiger charge is -2.36. The smallest absolute Gasteiger partial charge is 0.153 e. The number of methoxy groups -OCH3 is 1. The van der Waals surface area contributed by atoms with Crippen molar-refractivity contribution in [3.05, 3.63) is 59.2 Å². The first-order chi connectivity index (χ1) is 13.8. The molecule has 0 amide bonds. The van der Waals surface area contributed by atoms with Gasteiger partial charge in [-0.3, -0.25) is 9.80 Å². The molecule has 2 aromatic rings. The topological polar surface area (TPSA) is 41.5 Å². The second-order valence-electron chi connectivity index (χ2n) is 8.75. The van der Waals surface area contributed by atoms with Crippen LogP contribution in [0.25, 0.3) is 0 Å². The fourth-order valence-corrected chi connectivity index (χ4v) is 5.40. The van der Waals surface area contributed by atoms with Crippen molar-refractivity contribution in [2.24, 2.45) is 5.92 Å². The lowest BCUT2D eigenvalue weighted by Crippen LogP contribution is -2.44. The van der Waals surface area contributed by atoms with E-state index < -0.39 is 0 Å². The normalized spacial score (nSPS) is 25.8. The van der Waals surface area contributed by atoms with Crippen LogP contribution in [0.15, 0.2) is 36.7 Å². The van der Waals surface area contributed by atoms with Gasteiger partial charge in [0.05, 0.1) is 0 Å². The second-order valence-corrected chi connectivity index (χ2v) is 8.75. The maximum absolute atomic E-state index is 5.12. The Hall–Kier alpha value is -1.82. The first-order valence-corrected chi connectivity index (χ1v) is 10.6. The highest BCUT2D eigenvalue weighted by Gasteiger charge is 2.38. The van der Waals surface area contributed by atoms with Gasteiger partial charge in [0.15, 0.2) is 5.82 Å². The Labute approximate surface area is 167 Å². The highest BCUT2D eigenvalue weighted by Crippen LogP contribution is 2.33. The summed E-state index contributed by atoms with van der Waals surface area (Å²) in [5, 5.41) is 0. The van der Waals surface area contributed by atoms with Crippen molar-refractivity contribution in [1.82, 2.24) is 19.8 Å². The van der Waals surface area contributed by atoms with E-state index >= 15 is 0 Å². The van der Waals surface area contributed by atoms with Crippen molar-refractivity contribution in [2.75, 3.05) is 26.7 Å². The van der Waals surface area contributed by atoms with Crippen molar-refractivity contribution in [3.8, 4) is 0 Å². The molecule has 3 saturated heterocycles. The molecule has 4 aliphatic rings. The highest BCUT2D eigenvalue weighted by molar-refractivity contribution is 5.33. The number of benzene rings is 1. The van der Waals surface area contributed by atoms with E-state index in [4.69, 9.17) is 4.74 Å². The van der Waals surface area contributed by atoms with Crippen LogP contribution < -0.4 is 0 Å². The Bertz CT molecular complexity index is 784. The van der Waals surface area contributed by atoms with E-state index in [1.807, 2.05) is 12.4 Å². The number of nitrogens with zero attached hydrogens (tertiary/aromatic N) is 4. The van der Waals surface area contributed by atoms with Gasteiger partial charge in [-0.25, -0.2) is 9.97 Å². The van der Waals surface area contributed by atoms with Crippen LogP contribution in [0.5, 0.6) is 0 Å². The maximum Gasteiger partial charge on any atom is 0.153 e. The van der Waals surface area contributed by atoms with Crippen molar-refractivity contribution in [3.63, 3.8) is 0 Å². The van der Waals surface area contributed by atoms with Crippen LogP contribution in [0.1, 0.15) is 35.4 Å². The molecule has 4 heterocycles. The first kappa shape index (κ1) is 18.2. The van der Waals surface area contributed by atoms with Gasteiger partial charge in [0.2, 0.25) is 0 Å². The summed E-state index contributed by atoms with van der Waals surface area (Å²) < 4.78 is 5.12. The summed E-state index contributed by atoms with van der Waals surface area (Å²) >= 11 is 0. The number of ether oxygens (including phenoxy) is 1. The van der Waals surface area contributed by atoms with Gasteiger partial charge in [0, 0.05) is 63.3 Å². The number of hydrogen-bond acceptors (Lipinski definition) is 5. The van der Waals surface area contributed by atoms with Crippen LogP contribution >= 0.6 is 0 Å². The lowest BCUT2D eigenvalue weighted by atomic mass is 9.94. The number of hydrogen-bond donors (Lipinski definition) is 0. The second kappa shape index (κ2) is 7.90. The third-order valence-corrected chi connectivity index (χ3v) is 6.82. The number of rotatable bonds is 5. The molecule has 148 valence electrons. The molecule has 1 aromatic heterocycles. The van der Waals surface area contributed by atoms with Gasteiger partial charge in [0.25, 0.3) is 0 Å². The predicted molar refractivity (Wildman–Crippen MR) is 109 cm³/mol. The maximum atomic E-state index is 5.12. The molecular weight excluding hydrogens is 348 g/mol. The Morgan fingerprint density at radius 2 is 1.71 bits per heavy atom. The number of aromatic nitrogens is 2. The van der Waals surface area contributed by atoms with E-state index in [9.17, 15) is 0 Å². The number of fused-ring (bicyclic) bond motifs is 5. The Morgan fingerprint density at radius 1 is 0.964 bits per heavy atom. The van der Waals surface area contributed by atoms with Gasteiger partial charge in [-0.2, -0.15) is 0 Å². The van der Waals surface area contributed by atoms with Gasteiger partial charge in [0.1, 0.15) is 6.61 Å². The third-order valence-electron chi connectivity index (χ3n) is 6.82. The molecule has 0 unspecified atom stereocenters. The van der Waals surface area contributed by atoms with Gasteiger partial charge < -0.3 is 4.74 Å². The van der Waals surface area contributed by atoms with Crippen molar-refractivity contribution in [2.45, 2.75) is 50.9 Å². The quantitative estimate of drug-likeness (QED) is 0.800. The molecule has 3 fully saturated rings. The molecule has 2 bridgehead atoms. The van der Waals surface area contributed by atoms with Crippen LogP contribution in [0.2, 0.25) is 0 Å². The van der Waals surface area contributed by atoms with Crippen LogP contribution in [0, 0.1) is 5.92 Å². The van der Waals surface area contributed by atoms with E-state index in [0.29, 0.717) is 18.7 Å². The zero-order chi connectivity index (χ0) is 18.9. The average Bonchev–Trinajstić information content (AvgIpc) is 2.95. The van der Waals surface area contributed by atoms with Crippen LogP contribution in [0.3, 0.4) is 0 Å². The van der Waals surface area contributed by atoms with E-state index in [2.05, 4.69) is 44.0 Å². The average molecular weight is 379 g/mol. The molecule has 0 radical (unpaired) electrons. The van der Waals surface area contributed by atoms with Gasteiger partial charge in [-0.1, -0.05) is 24.3 Å². The molecule has 0 N–H and O–H groups in total. The summed E-state index contributed by atoms with van der Waals surface area (Å²) in [5.41, 5.74) is 4.34. The Balaban J connectivity index is 1.25. The molecule has 1 aliphatic carbocycles. The van der Waals surface area contributed by atoms with Crippen molar-refractivity contribution in [1.29, 1.82) is 0 Å². The zero-order valence-corrected chi connectivity index (χ0v) is 16.8. The highest BCUT2D eigenvalue weighted by atomic mass is 16.5. The molecule has 6 rings (SSSR count). The van der Waals surface area contributed by atoms with Gasteiger partial charge in [-0.15, -0.1) is 0 Å². The monoisotopic (exact) mass is 378 g/mol. The molecule has 3 aliphatic heterocycles. The summed E-state index contributed by atoms with van der Waals surface area (Å²) in [7, 11) is 1.68. The van der Waals surface area contributed by atoms with Gasteiger partial charge in [-0.05, 0) is 42.7 Å². The summed E-state index contributed by atoms with van der Waals surface area (Å²) in [6.45, 7) is 5.12. The molecule has 5 nitrogen and oxygen atoms in total. The molecule has 2 atom stereocenters. The SMILES string of the molecule is COCc1ncc(CN2C[C@H]3CC[C@@H]2CN(C2Cc4ccccc4C2)C3)cn1. The molecular formula is C23H30N4O. The van der Waals surface area contributed by atoms with Crippen LogP contribution in [-0.2, 0) is 30.7 Å². The van der Waals surface area contributed by atoms with Crippen molar-refractivity contribution >= 4 is 0 Å². The Kier molecular flexibility index (Phi) is 5.14. The first-order valence-electron chi connectivity index (χ1n) is 10.6. The van der Waals surface area contributed by atoms with E-state index in [-0.39, 0.29) is 0 Å². The fourth-order valence-electron chi connectivity index (χ4n) is 5.40. The van der Waals surface area contributed by atoms with E-state index in [0.717, 1.165) is 18.3 Å².